The second kappa shape index (κ2) is 6.12. The van der Waals surface area contributed by atoms with Crippen LogP contribution >= 0.6 is 11.3 Å². The summed E-state index contributed by atoms with van der Waals surface area (Å²) in [5, 5.41) is 2.89. The van der Waals surface area contributed by atoms with Crippen LogP contribution in [0.1, 0.15) is 10.4 Å². The predicted octanol–water partition coefficient (Wildman–Crippen LogP) is 4.22. The lowest BCUT2D eigenvalue weighted by molar-refractivity contribution is 0.0812. The zero-order chi connectivity index (χ0) is 15.5. The van der Waals surface area contributed by atoms with E-state index in [1.54, 1.807) is 29.4 Å². The van der Waals surface area contributed by atoms with Gasteiger partial charge in [0.25, 0.3) is 5.91 Å². The van der Waals surface area contributed by atoms with E-state index in [9.17, 15) is 4.79 Å². The van der Waals surface area contributed by atoms with E-state index in [0.717, 1.165) is 21.5 Å². The van der Waals surface area contributed by atoms with Gasteiger partial charge in [-0.3, -0.25) is 4.79 Å². The van der Waals surface area contributed by atoms with Crippen molar-refractivity contribution in [1.82, 2.24) is 9.88 Å². The third-order valence-corrected chi connectivity index (χ3v) is 4.36. The number of fused-ring (bicyclic) bond motifs is 1. The highest BCUT2D eigenvalue weighted by Gasteiger charge is 2.16. The molecule has 0 bridgehead atoms. The quantitative estimate of drug-likeness (QED) is 0.676. The molecule has 2 heterocycles. The summed E-state index contributed by atoms with van der Waals surface area (Å²) in [6.45, 7) is 4.21. The SMILES string of the molecule is C=CCN(C)C(=O)c1cc(-c2cccs2)nc2ccccc12. The Morgan fingerprint density at radius 1 is 1.32 bits per heavy atom. The summed E-state index contributed by atoms with van der Waals surface area (Å²) in [6.07, 6.45) is 1.72. The Morgan fingerprint density at radius 2 is 2.14 bits per heavy atom. The van der Waals surface area contributed by atoms with Gasteiger partial charge in [0.2, 0.25) is 0 Å². The number of likely N-dealkylation sites (N-methyl/N-ethyl adjacent to an activating group) is 1. The Kier molecular flexibility index (Phi) is 4.02. The molecule has 2 aromatic heterocycles. The zero-order valence-electron chi connectivity index (χ0n) is 12.3. The van der Waals surface area contributed by atoms with E-state index in [1.165, 1.54) is 0 Å². The van der Waals surface area contributed by atoms with Crippen LogP contribution < -0.4 is 0 Å². The Bertz CT molecular complexity index is 824. The molecule has 0 aliphatic carbocycles. The van der Waals surface area contributed by atoms with E-state index in [2.05, 4.69) is 11.6 Å². The minimum Gasteiger partial charge on any atom is -0.338 e. The summed E-state index contributed by atoms with van der Waals surface area (Å²) in [5.41, 5.74) is 2.35. The first-order valence-corrected chi connectivity index (χ1v) is 7.88. The van der Waals surface area contributed by atoms with Crippen LogP contribution in [-0.2, 0) is 0 Å². The molecule has 0 unspecified atom stereocenters. The standard InChI is InChI=1S/C18H16N2OS/c1-3-10-20(2)18(21)14-12-16(17-9-6-11-22-17)19-15-8-5-4-7-13(14)15/h3-9,11-12H,1,10H2,2H3. The number of hydrogen-bond donors (Lipinski definition) is 0. The molecule has 0 radical (unpaired) electrons. The molecule has 4 heteroatoms. The molecular formula is C18H16N2OS. The molecule has 0 N–H and O–H groups in total. The molecule has 0 aliphatic rings. The van der Waals surface area contributed by atoms with Gasteiger partial charge in [0, 0.05) is 19.0 Å². The van der Waals surface area contributed by atoms with Crippen molar-refractivity contribution >= 4 is 28.1 Å². The minimum absolute atomic E-state index is 0.0173. The molecule has 0 fully saturated rings. The molecular weight excluding hydrogens is 292 g/mol. The monoisotopic (exact) mass is 308 g/mol. The zero-order valence-corrected chi connectivity index (χ0v) is 13.1. The molecule has 0 spiro atoms. The maximum atomic E-state index is 12.7. The Morgan fingerprint density at radius 3 is 2.86 bits per heavy atom. The number of thiophene rings is 1. The van der Waals surface area contributed by atoms with Gasteiger partial charge in [-0.2, -0.15) is 0 Å². The number of aromatic nitrogens is 1. The van der Waals surface area contributed by atoms with Gasteiger partial charge < -0.3 is 4.90 Å². The third kappa shape index (κ3) is 2.65. The molecule has 1 aromatic carbocycles. The molecule has 0 saturated heterocycles. The first-order chi connectivity index (χ1) is 10.7. The van der Waals surface area contributed by atoms with E-state index >= 15 is 0 Å². The molecule has 3 rings (SSSR count). The average molecular weight is 308 g/mol. The van der Waals surface area contributed by atoms with Crippen LogP contribution in [0.25, 0.3) is 21.5 Å². The van der Waals surface area contributed by atoms with Crippen molar-refractivity contribution in [3.8, 4) is 10.6 Å². The number of amides is 1. The van der Waals surface area contributed by atoms with Gasteiger partial charge in [0.05, 0.1) is 21.7 Å². The average Bonchev–Trinajstić information content (AvgIpc) is 3.08. The summed E-state index contributed by atoms with van der Waals surface area (Å²) in [4.78, 5) is 20.1. The van der Waals surface area contributed by atoms with Crippen molar-refractivity contribution in [1.29, 1.82) is 0 Å². The second-order valence-corrected chi connectivity index (χ2v) is 5.97. The first kappa shape index (κ1) is 14.5. The van der Waals surface area contributed by atoms with Crippen molar-refractivity contribution < 1.29 is 4.79 Å². The van der Waals surface area contributed by atoms with Gasteiger partial charge in [0.1, 0.15) is 0 Å². The van der Waals surface area contributed by atoms with Crippen molar-refractivity contribution in [3.05, 3.63) is 66.1 Å². The summed E-state index contributed by atoms with van der Waals surface area (Å²) < 4.78 is 0. The topological polar surface area (TPSA) is 33.2 Å². The van der Waals surface area contributed by atoms with Gasteiger partial charge in [-0.15, -0.1) is 17.9 Å². The molecule has 0 aliphatic heterocycles. The normalized spacial score (nSPS) is 10.6. The fourth-order valence-corrected chi connectivity index (χ4v) is 3.07. The van der Waals surface area contributed by atoms with E-state index in [0.29, 0.717) is 12.1 Å². The maximum Gasteiger partial charge on any atom is 0.254 e. The number of carbonyl (C=O) groups excluding carboxylic acids is 1. The van der Waals surface area contributed by atoms with Crippen molar-refractivity contribution in [3.63, 3.8) is 0 Å². The fraction of sp³-hybridized carbons (Fsp3) is 0.111. The van der Waals surface area contributed by atoms with Gasteiger partial charge >= 0.3 is 0 Å². The molecule has 0 atom stereocenters. The molecule has 0 saturated carbocycles. The number of nitrogens with zero attached hydrogens (tertiary/aromatic N) is 2. The number of rotatable bonds is 4. The Labute approximate surface area is 133 Å². The number of pyridine rings is 1. The second-order valence-electron chi connectivity index (χ2n) is 5.02. The third-order valence-electron chi connectivity index (χ3n) is 3.47. The molecule has 3 nitrogen and oxygen atoms in total. The number of hydrogen-bond acceptors (Lipinski definition) is 3. The maximum absolute atomic E-state index is 12.7. The van der Waals surface area contributed by atoms with Gasteiger partial charge in [-0.1, -0.05) is 30.3 Å². The molecule has 110 valence electrons. The molecule has 22 heavy (non-hydrogen) atoms. The number of carbonyl (C=O) groups is 1. The largest absolute Gasteiger partial charge is 0.338 e. The van der Waals surface area contributed by atoms with Crippen LogP contribution in [0.3, 0.4) is 0 Å². The number of para-hydroxylation sites is 1. The van der Waals surface area contributed by atoms with Gasteiger partial charge in [-0.05, 0) is 23.6 Å². The lowest BCUT2D eigenvalue weighted by atomic mass is 10.1. The predicted molar refractivity (Wildman–Crippen MR) is 92.2 cm³/mol. The van der Waals surface area contributed by atoms with Crippen molar-refractivity contribution in [2.24, 2.45) is 0 Å². The van der Waals surface area contributed by atoms with Crippen LogP contribution in [0.2, 0.25) is 0 Å². The van der Waals surface area contributed by atoms with Crippen LogP contribution in [0, 0.1) is 0 Å². The highest BCUT2D eigenvalue weighted by atomic mass is 32.1. The lowest BCUT2D eigenvalue weighted by Crippen LogP contribution is -2.27. The minimum atomic E-state index is -0.0173. The molecule has 1 amide bonds. The van der Waals surface area contributed by atoms with E-state index in [4.69, 9.17) is 0 Å². The summed E-state index contributed by atoms with van der Waals surface area (Å²) >= 11 is 1.62. The highest BCUT2D eigenvalue weighted by molar-refractivity contribution is 7.13. The smallest absolute Gasteiger partial charge is 0.254 e. The fourth-order valence-electron chi connectivity index (χ4n) is 2.39. The summed E-state index contributed by atoms with van der Waals surface area (Å²) in [6, 6.07) is 13.6. The number of benzene rings is 1. The Hall–Kier alpha value is -2.46. The lowest BCUT2D eigenvalue weighted by Gasteiger charge is -2.16. The van der Waals surface area contributed by atoms with Crippen LogP contribution in [0.5, 0.6) is 0 Å². The van der Waals surface area contributed by atoms with E-state index in [-0.39, 0.29) is 5.91 Å². The van der Waals surface area contributed by atoms with Crippen molar-refractivity contribution in [2.75, 3.05) is 13.6 Å². The van der Waals surface area contributed by atoms with E-state index in [1.807, 2.05) is 47.8 Å². The van der Waals surface area contributed by atoms with E-state index < -0.39 is 0 Å². The van der Waals surface area contributed by atoms with Gasteiger partial charge in [-0.25, -0.2) is 4.98 Å². The van der Waals surface area contributed by atoms with Crippen LogP contribution in [0.15, 0.2) is 60.5 Å². The Balaban J connectivity index is 2.18. The van der Waals surface area contributed by atoms with Crippen LogP contribution in [0.4, 0.5) is 0 Å². The van der Waals surface area contributed by atoms with Crippen LogP contribution in [-0.4, -0.2) is 29.4 Å². The van der Waals surface area contributed by atoms with Crippen molar-refractivity contribution in [2.45, 2.75) is 0 Å². The molecule has 3 aromatic rings. The summed E-state index contributed by atoms with van der Waals surface area (Å²) in [5.74, 6) is -0.0173. The highest BCUT2D eigenvalue weighted by Crippen LogP contribution is 2.28. The summed E-state index contributed by atoms with van der Waals surface area (Å²) in [7, 11) is 1.78. The van der Waals surface area contributed by atoms with Gasteiger partial charge in [0.15, 0.2) is 0 Å². The first-order valence-electron chi connectivity index (χ1n) is 7.00.